The van der Waals surface area contributed by atoms with E-state index < -0.39 is 11.0 Å². The van der Waals surface area contributed by atoms with Crippen LogP contribution in [0.1, 0.15) is 36.0 Å². The highest BCUT2D eigenvalue weighted by Crippen LogP contribution is 2.65. The Morgan fingerprint density at radius 2 is 2.19 bits per heavy atom. The maximum atomic E-state index is 13.0. The highest BCUT2D eigenvalue weighted by Gasteiger charge is 2.72. The van der Waals surface area contributed by atoms with E-state index in [1.165, 1.54) is 0 Å². The second-order valence-electron chi connectivity index (χ2n) is 9.83. The molecule has 1 saturated carbocycles. The lowest BCUT2D eigenvalue weighted by molar-refractivity contribution is -0.194. The van der Waals surface area contributed by atoms with E-state index in [-0.39, 0.29) is 29.8 Å². The number of benzene rings is 1. The van der Waals surface area contributed by atoms with E-state index in [1.807, 2.05) is 6.07 Å². The summed E-state index contributed by atoms with van der Waals surface area (Å²) in [4.78, 5) is 16.9. The third-order valence-electron chi connectivity index (χ3n) is 8.50. The van der Waals surface area contributed by atoms with Crippen molar-refractivity contribution in [2.75, 3.05) is 20.6 Å². The van der Waals surface area contributed by atoms with E-state index in [9.17, 15) is 15.0 Å². The van der Waals surface area contributed by atoms with E-state index in [2.05, 4.69) is 11.9 Å². The van der Waals surface area contributed by atoms with Crippen LogP contribution in [0.4, 0.5) is 0 Å². The number of phenols is 1. The number of aromatic hydroxyl groups is 1. The van der Waals surface area contributed by atoms with Crippen molar-refractivity contribution in [2.45, 2.75) is 54.9 Å². The van der Waals surface area contributed by atoms with Gasteiger partial charge in [0, 0.05) is 42.8 Å². The first kappa shape index (κ1) is 19.9. The van der Waals surface area contributed by atoms with Gasteiger partial charge < -0.3 is 29.2 Å². The van der Waals surface area contributed by atoms with E-state index in [1.54, 1.807) is 48.8 Å². The summed E-state index contributed by atoms with van der Waals surface area (Å²) in [6.07, 6.45) is 8.74. The van der Waals surface area contributed by atoms with Gasteiger partial charge in [-0.1, -0.05) is 6.07 Å². The van der Waals surface area contributed by atoms with Crippen LogP contribution in [0.5, 0.6) is 11.5 Å². The molecule has 1 aromatic heterocycles. The van der Waals surface area contributed by atoms with Crippen molar-refractivity contribution in [1.29, 1.82) is 0 Å². The maximum absolute atomic E-state index is 13.0. The van der Waals surface area contributed by atoms with Crippen molar-refractivity contribution >= 4 is 12.0 Å². The number of hydrogen-bond acceptors (Lipinski definition) is 6. The number of ether oxygens (including phenoxy) is 1. The molecule has 2 aliphatic carbocycles. The molecule has 5 atom stereocenters. The normalized spacial score (nSPS) is 34.9. The fraction of sp³-hybridized carbons (Fsp3) is 0.480. The van der Waals surface area contributed by atoms with Gasteiger partial charge in [-0.25, -0.2) is 0 Å². The number of likely N-dealkylation sites (N-methyl/N-ethyl adjacent to an activating group) is 2. The van der Waals surface area contributed by atoms with Gasteiger partial charge in [0.1, 0.15) is 6.10 Å². The zero-order valence-electron chi connectivity index (χ0n) is 18.3. The SMILES string of the molecule is CN1CC[C@]23c4c5ccc(O)c4O[C@H]2C[C@@H](N(C)C(=O)/C=C/c2ccoc2)C[C@@]3(O)[C@H]1C5. The molecule has 2 fully saturated rings. The van der Waals surface area contributed by atoms with Crippen molar-refractivity contribution in [3.63, 3.8) is 0 Å². The number of phenolic OH excluding ortho intramolecular Hbond substituents is 1. The van der Waals surface area contributed by atoms with Crippen molar-refractivity contribution in [1.82, 2.24) is 9.80 Å². The molecule has 1 aromatic carbocycles. The van der Waals surface area contributed by atoms with Gasteiger partial charge in [0.2, 0.25) is 5.91 Å². The van der Waals surface area contributed by atoms with E-state index in [4.69, 9.17) is 9.15 Å². The Morgan fingerprint density at radius 1 is 1.34 bits per heavy atom. The van der Waals surface area contributed by atoms with Crippen molar-refractivity contribution in [2.24, 2.45) is 0 Å². The molecule has 1 saturated heterocycles. The molecule has 0 unspecified atom stereocenters. The summed E-state index contributed by atoms with van der Waals surface area (Å²) < 4.78 is 11.5. The predicted octanol–water partition coefficient (Wildman–Crippen LogP) is 2.31. The zero-order chi connectivity index (χ0) is 22.3. The van der Waals surface area contributed by atoms with Gasteiger partial charge in [-0.3, -0.25) is 4.79 Å². The fourth-order valence-electron chi connectivity index (χ4n) is 6.88. The largest absolute Gasteiger partial charge is 0.504 e. The van der Waals surface area contributed by atoms with E-state index in [0.29, 0.717) is 25.0 Å². The summed E-state index contributed by atoms with van der Waals surface area (Å²) in [7, 11) is 3.86. The molecule has 2 bridgehead atoms. The first-order chi connectivity index (χ1) is 15.3. The van der Waals surface area contributed by atoms with Crippen LogP contribution < -0.4 is 4.74 Å². The first-order valence-electron chi connectivity index (χ1n) is 11.3. The number of carbonyl (C=O) groups excluding carboxylic acids is 1. The van der Waals surface area contributed by atoms with Crippen LogP contribution in [0, 0.1) is 0 Å². The van der Waals surface area contributed by atoms with Crippen molar-refractivity contribution in [3.05, 3.63) is 53.5 Å². The Hall–Kier alpha value is -2.77. The highest BCUT2D eigenvalue weighted by atomic mass is 16.5. The van der Waals surface area contributed by atoms with Crippen LogP contribution in [0.2, 0.25) is 0 Å². The minimum absolute atomic E-state index is 0.0573. The van der Waals surface area contributed by atoms with E-state index in [0.717, 1.165) is 29.7 Å². The first-order valence-corrected chi connectivity index (χ1v) is 11.3. The Kier molecular flexibility index (Phi) is 4.11. The summed E-state index contributed by atoms with van der Waals surface area (Å²) in [5.41, 5.74) is 1.41. The third kappa shape index (κ3) is 2.41. The summed E-state index contributed by atoms with van der Waals surface area (Å²) in [6, 6.07) is 5.25. The van der Waals surface area contributed by atoms with Crippen LogP contribution in [0.25, 0.3) is 6.08 Å². The predicted molar refractivity (Wildman–Crippen MR) is 117 cm³/mol. The van der Waals surface area contributed by atoms with Gasteiger partial charge in [-0.2, -0.15) is 0 Å². The molecule has 6 rings (SSSR count). The quantitative estimate of drug-likeness (QED) is 0.719. The molecule has 7 heteroatoms. The number of amides is 1. The average molecular weight is 437 g/mol. The topological polar surface area (TPSA) is 86.4 Å². The van der Waals surface area contributed by atoms with Crippen molar-refractivity contribution in [3.8, 4) is 11.5 Å². The standard InChI is InChI=1S/C25H28N2O5/c1-26-9-8-24-20-12-17(27(2)21(29)6-3-15-7-10-31-14-15)13-25(24,30)19(26)11-16-4-5-18(28)23(32-20)22(16)24/h3-7,10,14,17,19-20,28,30H,8-9,11-13H2,1-2H3/b6-3+/t17-,19-,20+,24-,25-/m1/s1. The fourth-order valence-corrected chi connectivity index (χ4v) is 6.88. The second kappa shape index (κ2) is 6.62. The minimum Gasteiger partial charge on any atom is -0.504 e. The maximum Gasteiger partial charge on any atom is 0.246 e. The van der Waals surface area contributed by atoms with Crippen LogP contribution >= 0.6 is 0 Å². The molecule has 2 aromatic rings. The minimum atomic E-state index is -1.04. The lowest BCUT2D eigenvalue weighted by Crippen LogP contribution is -2.77. The second-order valence-corrected chi connectivity index (χ2v) is 9.83. The Morgan fingerprint density at radius 3 is 2.97 bits per heavy atom. The molecule has 2 N–H and O–H groups in total. The summed E-state index contributed by atoms with van der Waals surface area (Å²) in [5.74, 6) is 0.545. The number of likely N-dealkylation sites (tertiary alicyclic amines) is 1. The van der Waals surface area contributed by atoms with Crippen LogP contribution in [0.15, 0.2) is 41.2 Å². The van der Waals surface area contributed by atoms with Crippen LogP contribution in [-0.4, -0.2) is 70.3 Å². The number of nitrogens with zero attached hydrogens (tertiary/aromatic N) is 2. The number of furan rings is 1. The summed E-state index contributed by atoms with van der Waals surface area (Å²) >= 11 is 0. The lowest BCUT2D eigenvalue weighted by atomic mass is 9.48. The van der Waals surface area contributed by atoms with Gasteiger partial charge in [0.05, 0.1) is 23.5 Å². The molecule has 32 heavy (non-hydrogen) atoms. The van der Waals surface area contributed by atoms with Gasteiger partial charge in [-0.15, -0.1) is 0 Å². The molecule has 1 spiro atoms. The molecule has 3 heterocycles. The molecule has 0 radical (unpaired) electrons. The molecular weight excluding hydrogens is 408 g/mol. The molecule has 4 aliphatic rings. The smallest absolute Gasteiger partial charge is 0.246 e. The molecular formula is C25H28N2O5. The van der Waals surface area contributed by atoms with Gasteiger partial charge in [0.25, 0.3) is 0 Å². The monoisotopic (exact) mass is 436 g/mol. The number of rotatable bonds is 3. The Balaban J connectivity index is 1.38. The molecule has 1 amide bonds. The average Bonchev–Trinajstić information content (AvgIpc) is 3.40. The van der Waals surface area contributed by atoms with Crippen LogP contribution in [-0.2, 0) is 16.6 Å². The number of aliphatic hydroxyl groups is 1. The van der Waals surface area contributed by atoms with Gasteiger partial charge >= 0.3 is 0 Å². The van der Waals surface area contributed by atoms with Gasteiger partial charge in [-0.05, 0) is 56.6 Å². The van der Waals surface area contributed by atoms with E-state index >= 15 is 0 Å². The molecule has 168 valence electrons. The Labute approximate surface area is 186 Å². The van der Waals surface area contributed by atoms with Gasteiger partial charge in [0.15, 0.2) is 11.5 Å². The molecule has 7 nitrogen and oxygen atoms in total. The van der Waals surface area contributed by atoms with Crippen LogP contribution in [0.3, 0.4) is 0 Å². The number of piperidine rings is 1. The summed E-state index contributed by atoms with van der Waals surface area (Å²) in [5, 5.41) is 23.0. The Bertz CT molecular complexity index is 1110. The highest BCUT2D eigenvalue weighted by molar-refractivity contribution is 5.91. The lowest BCUT2D eigenvalue weighted by Gasteiger charge is -2.64. The zero-order valence-corrected chi connectivity index (χ0v) is 18.3. The third-order valence-corrected chi connectivity index (χ3v) is 8.50. The van der Waals surface area contributed by atoms with Crippen molar-refractivity contribution < 1.29 is 24.2 Å². The molecule has 2 aliphatic heterocycles. The summed E-state index contributed by atoms with van der Waals surface area (Å²) in [6.45, 7) is 0.869. The number of carbonyl (C=O) groups is 1. The number of hydrogen-bond donors (Lipinski definition) is 2.